The van der Waals surface area contributed by atoms with Crippen LogP contribution in [-0.2, 0) is 0 Å². The zero-order chi connectivity index (χ0) is 82.9. The van der Waals surface area contributed by atoms with Gasteiger partial charge in [-0.25, -0.2) is 0 Å². The number of rotatable bonds is 12. The average Bonchev–Trinajstić information content (AvgIpc) is 1.54. The quantitative estimate of drug-likeness (QED) is 0.117. The van der Waals surface area contributed by atoms with E-state index in [1.54, 1.807) is 0 Å². The molecule has 0 aliphatic heterocycles. The molecular weight excluding hydrogens is 1530 g/mol. The molecule has 0 aliphatic rings. The fraction of sp³-hybridized carbons (Fsp3) is 0. The molecular formula is C120H78N6. The largest absolute Gasteiger partial charge is 0.309 e. The summed E-state index contributed by atoms with van der Waals surface area (Å²) >= 11 is 0. The number of nitrogens with zero attached hydrogens (tertiary/aromatic N) is 6. The van der Waals surface area contributed by atoms with E-state index >= 15 is 0 Å². The van der Waals surface area contributed by atoms with Crippen molar-refractivity contribution in [1.82, 2.24) is 27.4 Å². The van der Waals surface area contributed by atoms with Crippen LogP contribution < -0.4 is 0 Å². The Labute approximate surface area is 727 Å². The standard InChI is InChI=1S/2C60H39N3/c1-4-15-40(16-5-1)42-27-31-47(32-28-42)61-54-25-12-11-24-50(54)52-38-44(29-34-56(52)61)45-30-35-57-53(39-45)59-58(62(57)48-22-14-19-43(37-48)41-17-6-2-7-18-41)36-33-51-49-23-10-13-26-55(49)63(60(51)59)46-20-8-3-9-21-46;1-4-15-40(16-5-1)42-27-31-47(32-28-42)61-53-25-12-10-23-49(53)51-38-44(29-33-55(51)61)45-30-34-56-52(39-45)60-58(63(56)48-22-14-19-43(37-48)41-17-6-2-7-18-41)36-35-57-59(60)50-24-11-13-26-54(50)62(57)46-20-8-3-9-21-46/h2*1-39H. The van der Waals surface area contributed by atoms with Crippen molar-refractivity contribution in [3.8, 4) is 101 Å². The highest BCUT2D eigenvalue weighted by atomic mass is 15.0. The minimum atomic E-state index is 1.14. The van der Waals surface area contributed by atoms with Crippen molar-refractivity contribution in [2.24, 2.45) is 0 Å². The lowest BCUT2D eigenvalue weighted by atomic mass is 9.99. The molecule has 20 aromatic carbocycles. The third-order valence-electron chi connectivity index (χ3n) is 26.1. The van der Waals surface area contributed by atoms with E-state index in [9.17, 15) is 0 Å². The van der Waals surface area contributed by atoms with Crippen LogP contribution in [-0.4, -0.2) is 27.4 Å². The van der Waals surface area contributed by atoms with E-state index in [4.69, 9.17) is 0 Å². The number of hydrogen-bond acceptors (Lipinski definition) is 0. The van der Waals surface area contributed by atoms with Gasteiger partial charge in [0.15, 0.2) is 0 Å². The highest BCUT2D eigenvalue weighted by molar-refractivity contribution is 6.30. The maximum atomic E-state index is 2.47. The Morgan fingerprint density at radius 1 is 0.103 bits per heavy atom. The van der Waals surface area contributed by atoms with E-state index in [1.165, 1.54) is 198 Å². The molecule has 0 atom stereocenters. The van der Waals surface area contributed by atoms with Crippen molar-refractivity contribution in [2.45, 2.75) is 0 Å². The topological polar surface area (TPSA) is 29.6 Å². The molecule has 0 spiro atoms. The lowest BCUT2D eigenvalue weighted by Gasteiger charge is -2.11. The van der Waals surface area contributed by atoms with Crippen LogP contribution in [0, 0.1) is 0 Å². The third kappa shape index (κ3) is 11.7. The first-order chi connectivity index (χ1) is 62.5. The van der Waals surface area contributed by atoms with Crippen LogP contribution in [0.2, 0.25) is 0 Å². The second-order valence-electron chi connectivity index (χ2n) is 33.0. The van der Waals surface area contributed by atoms with Gasteiger partial charge in [-0.2, -0.15) is 0 Å². The van der Waals surface area contributed by atoms with Crippen molar-refractivity contribution >= 4 is 131 Å². The summed E-state index contributed by atoms with van der Waals surface area (Å²) in [7, 11) is 0. The molecule has 126 heavy (non-hydrogen) atoms. The van der Waals surface area contributed by atoms with Crippen molar-refractivity contribution in [2.75, 3.05) is 0 Å². The molecule has 26 aromatic rings. The second-order valence-corrected chi connectivity index (χ2v) is 33.0. The Balaban J connectivity index is 0.000000137. The molecule has 0 aliphatic carbocycles. The Kier molecular flexibility index (Phi) is 16.9. The van der Waals surface area contributed by atoms with Gasteiger partial charge in [-0.3, -0.25) is 0 Å². The van der Waals surface area contributed by atoms with Crippen LogP contribution in [0.5, 0.6) is 0 Å². The summed E-state index contributed by atoms with van der Waals surface area (Å²) in [5.41, 5.74) is 35.6. The average molecular weight is 1600 g/mol. The van der Waals surface area contributed by atoms with E-state index in [2.05, 4.69) is 501 Å². The van der Waals surface area contributed by atoms with Gasteiger partial charge in [0.05, 0.1) is 66.2 Å². The summed E-state index contributed by atoms with van der Waals surface area (Å²) < 4.78 is 14.6. The molecule has 6 heterocycles. The minimum absolute atomic E-state index is 1.14. The molecule has 0 saturated heterocycles. The molecule has 6 aromatic heterocycles. The third-order valence-corrected chi connectivity index (χ3v) is 26.1. The number of benzene rings is 20. The number of fused-ring (bicyclic) bond motifs is 20. The van der Waals surface area contributed by atoms with Crippen LogP contribution in [0.3, 0.4) is 0 Å². The Bertz CT molecular complexity index is 8770. The Morgan fingerprint density at radius 2 is 0.333 bits per heavy atom. The van der Waals surface area contributed by atoms with Crippen LogP contribution in [0.25, 0.3) is 232 Å². The summed E-state index contributed by atoms with van der Waals surface area (Å²) in [4.78, 5) is 0. The van der Waals surface area contributed by atoms with Crippen molar-refractivity contribution in [3.05, 3.63) is 473 Å². The van der Waals surface area contributed by atoms with Gasteiger partial charge < -0.3 is 27.4 Å². The lowest BCUT2D eigenvalue weighted by molar-refractivity contribution is 1.17. The summed E-state index contributed by atoms with van der Waals surface area (Å²) in [6.07, 6.45) is 0. The van der Waals surface area contributed by atoms with Gasteiger partial charge in [0.25, 0.3) is 0 Å². The van der Waals surface area contributed by atoms with Crippen LogP contribution in [0.4, 0.5) is 0 Å². The SMILES string of the molecule is c1ccc(-c2ccc(-n3c4ccccc4c4cc(-c5ccc6c(c5)c5c(ccc7c8ccccc8n(-c8ccccc8)c75)n6-c5cccc(-c6ccccc6)c5)ccc43)cc2)cc1.c1ccc(-c2ccc(-n3c4ccccc4c4cc(-c5ccc6c(c5)c5c7c8ccccc8n(-c8ccccc8)c7ccc5n6-c5cccc(-c6ccccc6)c5)ccc43)cc2)cc1. The van der Waals surface area contributed by atoms with Gasteiger partial charge in [0.2, 0.25) is 0 Å². The summed E-state index contributed by atoms with van der Waals surface area (Å²) in [5.74, 6) is 0. The van der Waals surface area contributed by atoms with Gasteiger partial charge in [-0.05, 0) is 231 Å². The van der Waals surface area contributed by atoms with E-state index in [1.807, 2.05) is 0 Å². The molecule has 26 rings (SSSR count). The number of para-hydroxylation sites is 6. The van der Waals surface area contributed by atoms with E-state index < -0.39 is 0 Å². The first kappa shape index (κ1) is 72.1. The molecule has 0 unspecified atom stereocenters. The van der Waals surface area contributed by atoms with Gasteiger partial charge >= 0.3 is 0 Å². The maximum absolute atomic E-state index is 2.47. The molecule has 6 nitrogen and oxygen atoms in total. The molecule has 0 amide bonds. The molecule has 0 radical (unpaired) electrons. The Morgan fingerprint density at radius 3 is 0.762 bits per heavy atom. The molecule has 0 saturated carbocycles. The van der Waals surface area contributed by atoms with Crippen LogP contribution in [0.15, 0.2) is 473 Å². The minimum Gasteiger partial charge on any atom is -0.309 e. The van der Waals surface area contributed by atoms with E-state index in [0.717, 1.165) is 34.1 Å². The summed E-state index contributed by atoms with van der Waals surface area (Å²) in [6, 6.07) is 173. The predicted molar refractivity (Wildman–Crippen MR) is 532 cm³/mol. The monoisotopic (exact) mass is 1600 g/mol. The molecule has 0 fully saturated rings. The number of hydrogen-bond donors (Lipinski definition) is 0. The van der Waals surface area contributed by atoms with E-state index in [0.29, 0.717) is 0 Å². The zero-order valence-corrected chi connectivity index (χ0v) is 68.7. The van der Waals surface area contributed by atoms with Crippen molar-refractivity contribution in [1.29, 1.82) is 0 Å². The first-order valence-corrected chi connectivity index (χ1v) is 43.4. The van der Waals surface area contributed by atoms with Gasteiger partial charge in [-0.15, -0.1) is 0 Å². The highest BCUT2D eigenvalue weighted by Gasteiger charge is 2.26. The van der Waals surface area contributed by atoms with Gasteiger partial charge in [-0.1, -0.05) is 309 Å². The first-order valence-electron chi connectivity index (χ1n) is 43.4. The highest BCUT2D eigenvalue weighted by Crippen LogP contribution is 2.48. The summed E-state index contributed by atoms with van der Waals surface area (Å²) in [5, 5.41) is 14.9. The van der Waals surface area contributed by atoms with E-state index in [-0.39, 0.29) is 0 Å². The molecule has 588 valence electrons. The molecule has 6 heteroatoms. The fourth-order valence-electron chi connectivity index (χ4n) is 20.4. The maximum Gasteiger partial charge on any atom is 0.0641 e. The second kappa shape index (κ2) is 29.5. The Hall–Kier alpha value is -16.8. The predicted octanol–water partition coefficient (Wildman–Crippen LogP) is 32.0. The lowest BCUT2D eigenvalue weighted by Crippen LogP contribution is -1.95. The van der Waals surface area contributed by atoms with Crippen molar-refractivity contribution < 1.29 is 0 Å². The smallest absolute Gasteiger partial charge is 0.0641 e. The van der Waals surface area contributed by atoms with Gasteiger partial charge in [0, 0.05) is 98.8 Å². The molecule has 0 bridgehead atoms. The normalized spacial score (nSPS) is 11.8. The summed E-state index contributed by atoms with van der Waals surface area (Å²) in [6.45, 7) is 0. The van der Waals surface area contributed by atoms with Crippen molar-refractivity contribution in [3.63, 3.8) is 0 Å². The van der Waals surface area contributed by atoms with Crippen LogP contribution >= 0.6 is 0 Å². The number of aromatic nitrogens is 6. The van der Waals surface area contributed by atoms with Gasteiger partial charge in [0.1, 0.15) is 0 Å². The molecule has 0 N–H and O–H groups in total. The zero-order valence-electron chi connectivity index (χ0n) is 68.7. The fourth-order valence-corrected chi connectivity index (χ4v) is 20.4. The van der Waals surface area contributed by atoms with Crippen LogP contribution in [0.1, 0.15) is 0 Å².